The Balaban J connectivity index is 1.94. The van der Waals surface area contributed by atoms with Crippen LogP contribution in [0.4, 0.5) is 4.39 Å². The number of likely N-dealkylation sites (N-methyl/N-ethyl adjacent to an activating group) is 1. The molecule has 1 N–H and O–H groups in total. The molecule has 0 fully saturated rings. The molecule has 21 heavy (non-hydrogen) atoms. The van der Waals surface area contributed by atoms with Gasteiger partial charge in [-0.15, -0.1) is 0 Å². The van der Waals surface area contributed by atoms with E-state index in [1.54, 1.807) is 12.1 Å². The quantitative estimate of drug-likeness (QED) is 0.924. The molecule has 0 saturated heterocycles. The summed E-state index contributed by atoms with van der Waals surface area (Å²) >= 11 is 6.21. The molecule has 0 radical (unpaired) electrons. The monoisotopic (exact) mass is 305 g/mol. The minimum Gasteiger partial charge on any atom is -0.493 e. The Morgan fingerprint density at radius 1 is 1.33 bits per heavy atom. The van der Waals surface area contributed by atoms with Crippen LogP contribution in [0.25, 0.3) is 0 Å². The molecule has 1 aliphatic heterocycles. The standard InChI is InChI=1S/C17H17ClFNO/c1-20-16(8-11-3-2-4-14(19)7-11)15-10-13(18)9-12-5-6-21-17(12)15/h2-4,7,9-10,16,20H,5-6,8H2,1H3. The van der Waals surface area contributed by atoms with Crippen LogP contribution in [0.5, 0.6) is 5.75 Å². The second-order valence-corrected chi connectivity index (χ2v) is 5.69. The Hall–Kier alpha value is -1.58. The van der Waals surface area contributed by atoms with E-state index >= 15 is 0 Å². The van der Waals surface area contributed by atoms with Gasteiger partial charge in [-0.1, -0.05) is 23.7 Å². The van der Waals surface area contributed by atoms with Crippen LogP contribution in [0.2, 0.25) is 5.02 Å². The Kier molecular flexibility index (Phi) is 4.13. The van der Waals surface area contributed by atoms with Gasteiger partial charge in [0, 0.05) is 23.0 Å². The molecule has 2 nitrogen and oxygen atoms in total. The van der Waals surface area contributed by atoms with Gasteiger partial charge >= 0.3 is 0 Å². The second kappa shape index (κ2) is 6.04. The van der Waals surface area contributed by atoms with Crippen molar-refractivity contribution < 1.29 is 9.13 Å². The maximum atomic E-state index is 13.3. The number of hydrogen-bond donors (Lipinski definition) is 1. The smallest absolute Gasteiger partial charge is 0.127 e. The minimum atomic E-state index is -0.213. The summed E-state index contributed by atoms with van der Waals surface area (Å²) < 4.78 is 19.1. The van der Waals surface area contributed by atoms with Crippen LogP contribution < -0.4 is 10.1 Å². The SMILES string of the molecule is CNC(Cc1cccc(F)c1)c1cc(Cl)cc2c1OCC2. The molecule has 1 unspecified atom stereocenters. The number of halogens is 2. The van der Waals surface area contributed by atoms with Crippen LogP contribution in [-0.4, -0.2) is 13.7 Å². The van der Waals surface area contributed by atoms with Crippen LogP contribution in [0.1, 0.15) is 22.7 Å². The number of ether oxygens (including phenoxy) is 1. The van der Waals surface area contributed by atoms with Crippen molar-refractivity contribution in [3.8, 4) is 5.75 Å². The molecule has 2 aromatic carbocycles. The first-order chi connectivity index (χ1) is 10.2. The van der Waals surface area contributed by atoms with Crippen molar-refractivity contribution in [1.82, 2.24) is 5.32 Å². The summed E-state index contributed by atoms with van der Waals surface area (Å²) in [6.45, 7) is 0.694. The molecule has 0 aromatic heterocycles. The summed E-state index contributed by atoms with van der Waals surface area (Å²) in [6, 6.07) is 10.6. The zero-order chi connectivity index (χ0) is 14.8. The van der Waals surface area contributed by atoms with Crippen molar-refractivity contribution in [3.05, 3.63) is 63.9 Å². The Morgan fingerprint density at radius 2 is 2.19 bits per heavy atom. The molecule has 4 heteroatoms. The molecular weight excluding hydrogens is 289 g/mol. The fourth-order valence-electron chi connectivity index (χ4n) is 2.82. The summed E-state index contributed by atoms with van der Waals surface area (Å²) in [4.78, 5) is 0. The molecule has 3 rings (SSSR count). The third-order valence-electron chi connectivity index (χ3n) is 3.83. The van der Waals surface area contributed by atoms with Gasteiger partial charge in [-0.05, 0) is 48.9 Å². The van der Waals surface area contributed by atoms with Crippen molar-refractivity contribution in [3.63, 3.8) is 0 Å². The second-order valence-electron chi connectivity index (χ2n) is 5.26. The number of hydrogen-bond acceptors (Lipinski definition) is 2. The molecule has 2 aromatic rings. The first-order valence-electron chi connectivity index (χ1n) is 7.04. The van der Waals surface area contributed by atoms with E-state index in [9.17, 15) is 4.39 Å². The van der Waals surface area contributed by atoms with Gasteiger partial charge in [-0.25, -0.2) is 4.39 Å². The summed E-state index contributed by atoms with van der Waals surface area (Å²) in [5.74, 6) is 0.713. The number of benzene rings is 2. The van der Waals surface area contributed by atoms with Crippen molar-refractivity contribution in [1.29, 1.82) is 0 Å². The molecule has 0 amide bonds. The highest BCUT2D eigenvalue weighted by molar-refractivity contribution is 6.30. The number of fused-ring (bicyclic) bond motifs is 1. The van der Waals surface area contributed by atoms with Gasteiger partial charge in [-0.2, -0.15) is 0 Å². The van der Waals surface area contributed by atoms with E-state index < -0.39 is 0 Å². The number of nitrogens with one attached hydrogen (secondary N) is 1. The average Bonchev–Trinajstić information content (AvgIpc) is 2.92. The molecule has 1 atom stereocenters. The van der Waals surface area contributed by atoms with Crippen molar-refractivity contribution in [2.24, 2.45) is 0 Å². The summed E-state index contributed by atoms with van der Waals surface area (Å²) in [5.41, 5.74) is 3.14. The lowest BCUT2D eigenvalue weighted by Crippen LogP contribution is -2.19. The van der Waals surface area contributed by atoms with Gasteiger partial charge in [0.05, 0.1) is 6.61 Å². The molecule has 0 aliphatic carbocycles. The van der Waals surface area contributed by atoms with Crippen molar-refractivity contribution >= 4 is 11.6 Å². The minimum absolute atomic E-state index is 0.0392. The van der Waals surface area contributed by atoms with Crippen LogP contribution in [-0.2, 0) is 12.8 Å². The lowest BCUT2D eigenvalue weighted by molar-refractivity contribution is 0.349. The van der Waals surface area contributed by atoms with E-state index in [0.717, 1.165) is 28.9 Å². The maximum Gasteiger partial charge on any atom is 0.127 e. The van der Waals surface area contributed by atoms with Crippen molar-refractivity contribution in [2.45, 2.75) is 18.9 Å². The summed E-state index contributed by atoms with van der Waals surface area (Å²) in [5, 5.41) is 4.00. The average molecular weight is 306 g/mol. The molecule has 0 bridgehead atoms. The van der Waals surface area contributed by atoms with Gasteiger partial charge in [0.2, 0.25) is 0 Å². The number of rotatable bonds is 4. The van der Waals surface area contributed by atoms with E-state index in [-0.39, 0.29) is 11.9 Å². The molecule has 110 valence electrons. The Bertz CT molecular complexity index is 659. The summed E-state index contributed by atoms with van der Waals surface area (Å²) in [7, 11) is 1.90. The summed E-state index contributed by atoms with van der Waals surface area (Å²) in [6.07, 6.45) is 1.57. The predicted octanol–water partition coefficient (Wildman–Crippen LogP) is 3.92. The normalized spacial score (nSPS) is 14.6. The van der Waals surface area contributed by atoms with Crippen LogP contribution in [0.3, 0.4) is 0 Å². The van der Waals surface area contributed by atoms with Gasteiger partial charge in [0.1, 0.15) is 11.6 Å². The molecule has 1 aliphatic rings. The van der Waals surface area contributed by atoms with E-state index in [0.29, 0.717) is 18.1 Å². The zero-order valence-electron chi connectivity index (χ0n) is 11.8. The fraction of sp³-hybridized carbons (Fsp3) is 0.294. The highest BCUT2D eigenvalue weighted by Crippen LogP contribution is 2.37. The maximum absolute atomic E-state index is 13.3. The van der Waals surface area contributed by atoms with Gasteiger partial charge in [-0.3, -0.25) is 0 Å². The molecule has 0 spiro atoms. The van der Waals surface area contributed by atoms with E-state index in [2.05, 4.69) is 5.32 Å². The lowest BCUT2D eigenvalue weighted by atomic mass is 9.96. The van der Waals surface area contributed by atoms with Crippen LogP contribution in [0.15, 0.2) is 36.4 Å². The third kappa shape index (κ3) is 3.04. The van der Waals surface area contributed by atoms with Gasteiger partial charge in [0.25, 0.3) is 0 Å². The van der Waals surface area contributed by atoms with E-state index in [1.165, 1.54) is 6.07 Å². The predicted molar refractivity (Wildman–Crippen MR) is 82.6 cm³/mol. The van der Waals surface area contributed by atoms with Crippen LogP contribution in [0, 0.1) is 5.82 Å². The highest BCUT2D eigenvalue weighted by Gasteiger charge is 2.22. The van der Waals surface area contributed by atoms with E-state index in [4.69, 9.17) is 16.3 Å². The lowest BCUT2D eigenvalue weighted by Gasteiger charge is -2.20. The Labute approximate surface area is 128 Å². The van der Waals surface area contributed by atoms with E-state index in [1.807, 2.05) is 25.2 Å². The zero-order valence-corrected chi connectivity index (χ0v) is 12.6. The molecule has 0 saturated carbocycles. The van der Waals surface area contributed by atoms with Gasteiger partial charge in [0.15, 0.2) is 0 Å². The van der Waals surface area contributed by atoms with Gasteiger partial charge < -0.3 is 10.1 Å². The molecular formula is C17H17ClFNO. The van der Waals surface area contributed by atoms with Crippen molar-refractivity contribution in [2.75, 3.05) is 13.7 Å². The highest BCUT2D eigenvalue weighted by atomic mass is 35.5. The topological polar surface area (TPSA) is 21.3 Å². The first kappa shape index (κ1) is 14.4. The Morgan fingerprint density at radius 3 is 2.95 bits per heavy atom. The third-order valence-corrected chi connectivity index (χ3v) is 4.05. The molecule has 1 heterocycles. The first-order valence-corrected chi connectivity index (χ1v) is 7.42. The van der Waals surface area contributed by atoms with Crippen LogP contribution >= 0.6 is 11.6 Å². The fourth-order valence-corrected chi connectivity index (χ4v) is 3.07. The largest absolute Gasteiger partial charge is 0.493 e.